The molecule has 0 saturated carbocycles. The standard InChI is InChI=1S/C16H24N2O/c1-13-2-4-15(5-3-13)12-16(19)18-10-7-14(6-9-17)8-11-18/h2-5,14H,6-12,17H2,1H3. The third kappa shape index (κ3) is 4.06. The lowest BCUT2D eigenvalue weighted by molar-refractivity contribution is -0.131. The maximum Gasteiger partial charge on any atom is 0.226 e. The lowest BCUT2D eigenvalue weighted by Crippen LogP contribution is -2.39. The molecule has 1 aliphatic rings. The second kappa shape index (κ2) is 6.71. The summed E-state index contributed by atoms with van der Waals surface area (Å²) in [7, 11) is 0. The van der Waals surface area contributed by atoms with E-state index in [1.165, 1.54) is 5.56 Å². The predicted octanol–water partition coefficient (Wildman–Crippen LogP) is 2.12. The molecule has 1 fully saturated rings. The molecular formula is C16H24N2O. The maximum atomic E-state index is 12.2. The van der Waals surface area contributed by atoms with E-state index in [0.29, 0.717) is 12.3 Å². The molecule has 1 saturated heterocycles. The van der Waals surface area contributed by atoms with Gasteiger partial charge in [-0.2, -0.15) is 0 Å². The van der Waals surface area contributed by atoms with E-state index in [2.05, 4.69) is 31.2 Å². The van der Waals surface area contributed by atoms with Gasteiger partial charge in [-0.1, -0.05) is 29.8 Å². The summed E-state index contributed by atoms with van der Waals surface area (Å²) in [5.41, 5.74) is 7.93. The fourth-order valence-corrected chi connectivity index (χ4v) is 2.70. The summed E-state index contributed by atoms with van der Waals surface area (Å²) in [4.78, 5) is 14.2. The number of aryl methyl sites for hydroxylation is 1. The van der Waals surface area contributed by atoms with E-state index in [-0.39, 0.29) is 5.91 Å². The van der Waals surface area contributed by atoms with Gasteiger partial charge in [0.05, 0.1) is 6.42 Å². The van der Waals surface area contributed by atoms with Gasteiger partial charge in [-0.15, -0.1) is 0 Å². The normalized spacial score (nSPS) is 16.6. The lowest BCUT2D eigenvalue weighted by atomic mass is 9.93. The van der Waals surface area contributed by atoms with E-state index >= 15 is 0 Å². The Labute approximate surface area is 115 Å². The molecule has 1 aliphatic heterocycles. The number of rotatable bonds is 4. The summed E-state index contributed by atoms with van der Waals surface area (Å²) in [5.74, 6) is 0.975. The quantitative estimate of drug-likeness (QED) is 0.901. The summed E-state index contributed by atoms with van der Waals surface area (Å²) < 4.78 is 0. The molecule has 3 nitrogen and oxygen atoms in total. The fraction of sp³-hybridized carbons (Fsp3) is 0.562. The largest absolute Gasteiger partial charge is 0.342 e. The van der Waals surface area contributed by atoms with Crippen LogP contribution >= 0.6 is 0 Å². The van der Waals surface area contributed by atoms with E-state index in [9.17, 15) is 4.79 Å². The van der Waals surface area contributed by atoms with Crippen molar-refractivity contribution in [1.82, 2.24) is 4.90 Å². The van der Waals surface area contributed by atoms with E-state index in [4.69, 9.17) is 5.73 Å². The van der Waals surface area contributed by atoms with Crippen LogP contribution in [-0.2, 0) is 11.2 Å². The van der Waals surface area contributed by atoms with Gasteiger partial charge in [0.25, 0.3) is 0 Å². The Bertz CT molecular complexity index is 405. The zero-order valence-electron chi connectivity index (χ0n) is 11.8. The van der Waals surface area contributed by atoms with E-state index in [0.717, 1.165) is 44.5 Å². The maximum absolute atomic E-state index is 12.2. The van der Waals surface area contributed by atoms with Gasteiger partial charge in [-0.25, -0.2) is 0 Å². The number of piperidine rings is 1. The summed E-state index contributed by atoms with van der Waals surface area (Å²) in [6.07, 6.45) is 3.84. The van der Waals surface area contributed by atoms with Crippen LogP contribution in [0.2, 0.25) is 0 Å². The van der Waals surface area contributed by atoms with Crippen LogP contribution in [-0.4, -0.2) is 30.4 Å². The number of carbonyl (C=O) groups is 1. The molecular weight excluding hydrogens is 236 g/mol. The molecule has 3 heteroatoms. The predicted molar refractivity (Wildman–Crippen MR) is 77.9 cm³/mol. The number of nitrogens with two attached hydrogens (primary N) is 1. The number of nitrogens with zero attached hydrogens (tertiary/aromatic N) is 1. The van der Waals surface area contributed by atoms with Crippen LogP contribution in [0.15, 0.2) is 24.3 Å². The van der Waals surface area contributed by atoms with E-state index in [1.807, 2.05) is 4.90 Å². The highest BCUT2D eigenvalue weighted by molar-refractivity contribution is 5.78. The van der Waals surface area contributed by atoms with Gasteiger partial charge in [0.1, 0.15) is 0 Å². The van der Waals surface area contributed by atoms with Crippen LogP contribution in [0.5, 0.6) is 0 Å². The number of likely N-dealkylation sites (tertiary alicyclic amines) is 1. The van der Waals surface area contributed by atoms with Crippen molar-refractivity contribution in [3.05, 3.63) is 35.4 Å². The number of amides is 1. The molecule has 1 aromatic carbocycles. The second-order valence-electron chi connectivity index (χ2n) is 5.56. The second-order valence-corrected chi connectivity index (χ2v) is 5.56. The highest BCUT2D eigenvalue weighted by Crippen LogP contribution is 2.20. The highest BCUT2D eigenvalue weighted by atomic mass is 16.2. The number of carbonyl (C=O) groups excluding carboxylic acids is 1. The number of hydrogen-bond donors (Lipinski definition) is 1. The van der Waals surface area contributed by atoms with Crippen molar-refractivity contribution in [3.63, 3.8) is 0 Å². The minimum Gasteiger partial charge on any atom is -0.342 e. The van der Waals surface area contributed by atoms with Crippen LogP contribution in [0.3, 0.4) is 0 Å². The Morgan fingerprint density at radius 3 is 2.47 bits per heavy atom. The van der Waals surface area contributed by atoms with Crippen LogP contribution in [0.4, 0.5) is 0 Å². The molecule has 0 aliphatic carbocycles. The Hall–Kier alpha value is -1.35. The van der Waals surface area contributed by atoms with Crippen molar-refractivity contribution in [2.45, 2.75) is 32.6 Å². The molecule has 19 heavy (non-hydrogen) atoms. The van der Waals surface area contributed by atoms with Crippen LogP contribution in [0, 0.1) is 12.8 Å². The van der Waals surface area contributed by atoms with E-state index in [1.54, 1.807) is 0 Å². The molecule has 0 radical (unpaired) electrons. The Balaban J connectivity index is 1.83. The van der Waals surface area contributed by atoms with E-state index < -0.39 is 0 Å². The van der Waals surface area contributed by atoms with Gasteiger partial charge in [0, 0.05) is 13.1 Å². The van der Waals surface area contributed by atoms with Gasteiger partial charge >= 0.3 is 0 Å². The fourth-order valence-electron chi connectivity index (χ4n) is 2.70. The van der Waals surface area contributed by atoms with Crippen LogP contribution < -0.4 is 5.73 Å². The topological polar surface area (TPSA) is 46.3 Å². The molecule has 0 bridgehead atoms. The van der Waals surface area contributed by atoms with Gasteiger partial charge < -0.3 is 10.6 Å². The summed E-state index contributed by atoms with van der Waals surface area (Å²) in [5, 5.41) is 0. The number of benzene rings is 1. The molecule has 0 aromatic heterocycles. The summed E-state index contributed by atoms with van der Waals surface area (Å²) in [6.45, 7) is 4.63. The molecule has 104 valence electrons. The average Bonchev–Trinajstić information content (AvgIpc) is 2.42. The molecule has 1 amide bonds. The van der Waals surface area contributed by atoms with Crippen molar-refractivity contribution in [2.24, 2.45) is 11.7 Å². The molecule has 2 rings (SSSR count). The van der Waals surface area contributed by atoms with Crippen LogP contribution in [0.25, 0.3) is 0 Å². The molecule has 0 atom stereocenters. The summed E-state index contributed by atoms with van der Waals surface area (Å²) in [6, 6.07) is 8.23. The third-order valence-electron chi connectivity index (χ3n) is 4.02. The first kappa shape index (κ1) is 14.1. The summed E-state index contributed by atoms with van der Waals surface area (Å²) >= 11 is 0. The molecule has 1 heterocycles. The van der Waals surface area contributed by atoms with Crippen LogP contribution in [0.1, 0.15) is 30.4 Å². The van der Waals surface area contributed by atoms with Crippen molar-refractivity contribution in [3.8, 4) is 0 Å². The number of hydrogen-bond acceptors (Lipinski definition) is 2. The smallest absolute Gasteiger partial charge is 0.226 e. The van der Waals surface area contributed by atoms with Gasteiger partial charge in [0.2, 0.25) is 5.91 Å². The third-order valence-corrected chi connectivity index (χ3v) is 4.02. The minimum atomic E-state index is 0.259. The SMILES string of the molecule is Cc1ccc(CC(=O)N2CCC(CCN)CC2)cc1. The zero-order chi connectivity index (χ0) is 13.7. The highest BCUT2D eigenvalue weighted by Gasteiger charge is 2.22. The van der Waals surface area contributed by atoms with Crippen molar-refractivity contribution >= 4 is 5.91 Å². The minimum absolute atomic E-state index is 0.259. The monoisotopic (exact) mass is 260 g/mol. The molecule has 2 N–H and O–H groups in total. The molecule has 0 spiro atoms. The van der Waals surface area contributed by atoms with Gasteiger partial charge in [0.15, 0.2) is 0 Å². The first-order chi connectivity index (χ1) is 9.19. The first-order valence-electron chi connectivity index (χ1n) is 7.22. The van der Waals surface area contributed by atoms with Gasteiger partial charge in [-0.05, 0) is 44.2 Å². The lowest BCUT2D eigenvalue weighted by Gasteiger charge is -2.32. The molecule has 1 aromatic rings. The molecule has 0 unspecified atom stereocenters. The zero-order valence-corrected chi connectivity index (χ0v) is 11.8. The Morgan fingerprint density at radius 1 is 1.26 bits per heavy atom. The first-order valence-corrected chi connectivity index (χ1v) is 7.22. The Kier molecular flexibility index (Phi) is 4.97. The van der Waals surface area contributed by atoms with Gasteiger partial charge in [-0.3, -0.25) is 4.79 Å². The van der Waals surface area contributed by atoms with Crippen molar-refractivity contribution < 1.29 is 4.79 Å². The van der Waals surface area contributed by atoms with Crippen molar-refractivity contribution in [1.29, 1.82) is 0 Å². The average molecular weight is 260 g/mol. The Morgan fingerprint density at radius 2 is 1.89 bits per heavy atom. The van der Waals surface area contributed by atoms with Crippen molar-refractivity contribution in [2.75, 3.05) is 19.6 Å².